The average Bonchev–Trinajstić information content (AvgIpc) is 2.70. The number of imide groups is 1. The number of hydrogen-bond acceptors (Lipinski definition) is 6. The van der Waals surface area contributed by atoms with Gasteiger partial charge in [-0.3, -0.25) is 19.3 Å². The van der Waals surface area contributed by atoms with Gasteiger partial charge in [-0.1, -0.05) is 6.07 Å². The monoisotopic (exact) mass is 322 g/mol. The zero-order valence-electron chi connectivity index (χ0n) is 11.7. The van der Waals surface area contributed by atoms with E-state index in [0.717, 1.165) is 16.7 Å². The summed E-state index contributed by atoms with van der Waals surface area (Å²) in [6.45, 7) is 1.72. The Labute approximate surface area is 130 Å². The maximum Gasteiger partial charge on any atom is 0.294 e. The summed E-state index contributed by atoms with van der Waals surface area (Å²) in [5, 5.41) is 9.09. The van der Waals surface area contributed by atoms with Gasteiger partial charge >= 0.3 is 0 Å². The fourth-order valence-corrected chi connectivity index (χ4v) is 2.67. The molecule has 1 aliphatic heterocycles. The molecule has 2 rings (SSSR count). The Morgan fingerprint density at radius 2 is 2.18 bits per heavy atom. The highest BCUT2D eigenvalue weighted by Gasteiger charge is 2.35. The predicted octanol–water partition coefficient (Wildman–Crippen LogP) is 1.31. The van der Waals surface area contributed by atoms with Crippen LogP contribution in [0, 0.1) is 0 Å². The molecule has 0 atom stereocenters. The summed E-state index contributed by atoms with van der Waals surface area (Å²) in [5.74, 6) is -1.06. The van der Waals surface area contributed by atoms with Crippen molar-refractivity contribution in [2.75, 3.05) is 13.2 Å². The Morgan fingerprint density at radius 1 is 1.45 bits per heavy atom. The molecular formula is C14H14N2O5S. The van der Waals surface area contributed by atoms with Gasteiger partial charge in [-0.2, -0.15) is 0 Å². The van der Waals surface area contributed by atoms with Crippen molar-refractivity contribution < 1.29 is 24.2 Å². The number of ether oxygens (including phenoxy) is 1. The van der Waals surface area contributed by atoms with Gasteiger partial charge < -0.3 is 15.6 Å². The summed E-state index contributed by atoms with van der Waals surface area (Å²) < 4.78 is 5.25. The molecule has 1 aromatic carbocycles. The molecule has 22 heavy (non-hydrogen) atoms. The number of rotatable bonds is 5. The SMILES string of the molecule is CCOc1cc(/C=C2\SC(=O)N(CC(N)=O)C2=O)ccc1O. The van der Waals surface area contributed by atoms with E-state index < -0.39 is 23.6 Å². The van der Waals surface area contributed by atoms with Gasteiger partial charge in [-0.25, -0.2) is 0 Å². The van der Waals surface area contributed by atoms with Crippen molar-refractivity contribution in [3.8, 4) is 11.5 Å². The Morgan fingerprint density at radius 3 is 2.82 bits per heavy atom. The van der Waals surface area contributed by atoms with E-state index in [-0.39, 0.29) is 16.4 Å². The second-order valence-corrected chi connectivity index (χ2v) is 5.39. The molecule has 0 bridgehead atoms. The molecule has 0 saturated carbocycles. The number of hydrogen-bond donors (Lipinski definition) is 2. The number of nitrogens with two attached hydrogens (primary N) is 1. The highest BCUT2D eigenvalue weighted by molar-refractivity contribution is 8.18. The van der Waals surface area contributed by atoms with Crippen LogP contribution in [-0.4, -0.2) is 40.2 Å². The first-order valence-electron chi connectivity index (χ1n) is 6.42. The van der Waals surface area contributed by atoms with E-state index in [1.54, 1.807) is 19.1 Å². The van der Waals surface area contributed by atoms with Gasteiger partial charge in [0.15, 0.2) is 11.5 Å². The number of carbonyl (C=O) groups is 3. The molecule has 3 amide bonds. The third kappa shape index (κ3) is 3.40. The number of nitrogens with zero attached hydrogens (tertiary/aromatic N) is 1. The number of primary amides is 1. The first kappa shape index (κ1) is 15.9. The first-order valence-corrected chi connectivity index (χ1v) is 7.23. The maximum absolute atomic E-state index is 12.1. The Bertz CT molecular complexity index is 671. The van der Waals surface area contributed by atoms with Crippen molar-refractivity contribution in [1.82, 2.24) is 4.90 Å². The smallest absolute Gasteiger partial charge is 0.294 e. The summed E-state index contributed by atoms with van der Waals surface area (Å²) in [6.07, 6.45) is 1.49. The Kier molecular flexibility index (Phi) is 4.71. The van der Waals surface area contributed by atoms with E-state index in [0.29, 0.717) is 12.2 Å². The van der Waals surface area contributed by atoms with Gasteiger partial charge in [0.2, 0.25) is 5.91 Å². The number of phenolic OH excluding ortho intramolecular Hbond substituents is 1. The summed E-state index contributed by atoms with van der Waals surface area (Å²) in [7, 11) is 0. The molecule has 0 spiro atoms. The first-order chi connectivity index (χ1) is 10.4. The van der Waals surface area contributed by atoms with E-state index in [1.165, 1.54) is 12.1 Å². The van der Waals surface area contributed by atoms with Crippen LogP contribution in [0.3, 0.4) is 0 Å². The number of amides is 3. The summed E-state index contributed by atoms with van der Waals surface area (Å²) in [6, 6.07) is 4.57. The molecule has 7 nitrogen and oxygen atoms in total. The fraction of sp³-hybridized carbons (Fsp3) is 0.214. The fourth-order valence-electron chi connectivity index (χ4n) is 1.84. The van der Waals surface area contributed by atoms with Crippen LogP contribution in [0.5, 0.6) is 11.5 Å². The second kappa shape index (κ2) is 6.52. The van der Waals surface area contributed by atoms with Crippen molar-refractivity contribution in [3.63, 3.8) is 0 Å². The van der Waals surface area contributed by atoms with Gasteiger partial charge in [0.25, 0.3) is 11.1 Å². The summed E-state index contributed by atoms with van der Waals surface area (Å²) >= 11 is 0.729. The minimum absolute atomic E-state index is 0.0131. The van der Waals surface area contributed by atoms with E-state index >= 15 is 0 Å². The van der Waals surface area contributed by atoms with Crippen LogP contribution in [0.25, 0.3) is 6.08 Å². The number of thioether (sulfide) groups is 1. The molecule has 1 aromatic rings. The van der Waals surface area contributed by atoms with E-state index in [1.807, 2.05) is 0 Å². The quantitative estimate of drug-likeness (QED) is 0.791. The van der Waals surface area contributed by atoms with Crippen molar-refractivity contribution in [2.24, 2.45) is 5.73 Å². The molecule has 0 unspecified atom stereocenters. The predicted molar refractivity (Wildman–Crippen MR) is 81.1 cm³/mol. The topological polar surface area (TPSA) is 110 Å². The minimum atomic E-state index is -0.758. The average molecular weight is 322 g/mol. The van der Waals surface area contributed by atoms with Crippen LogP contribution in [0.4, 0.5) is 4.79 Å². The van der Waals surface area contributed by atoms with Gasteiger partial charge in [0.05, 0.1) is 11.5 Å². The lowest BCUT2D eigenvalue weighted by atomic mass is 10.2. The van der Waals surface area contributed by atoms with Crippen LogP contribution >= 0.6 is 11.8 Å². The molecule has 1 saturated heterocycles. The molecular weight excluding hydrogens is 308 g/mol. The van der Waals surface area contributed by atoms with Crippen molar-refractivity contribution in [1.29, 1.82) is 0 Å². The third-order valence-corrected chi connectivity index (χ3v) is 3.68. The number of benzene rings is 1. The molecule has 0 aromatic heterocycles. The molecule has 1 fully saturated rings. The zero-order chi connectivity index (χ0) is 16.3. The van der Waals surface area contributed by atoms with E-state index in [2.05, 4.69) is 0 Å². The van der Waals surface area contributed by atoms with E-state index in [4.69, 9.17) is 10.5 Å². The van der Waals surface area contributed by atoms with E-state index in [9.17, 15) is 19.5 Å². The van der Waals surface area contributed by atoms with Crippen molar-refractivity contribution in [2.45, 2.75) is 6.92 Å². The highest BCUT2D eigenvalue weighted by Crippen LogP contribution is 2.34. The normalized spacial score (nSPS) is 16.4. The van der Waals surface area contributed by atoms with Crippen molar-refractivity contribution >= 4 is 34.9 Å². The van der Waals surface area contributed by atoms with Crippen LogP contribution in [0.2, 0.25) is 0 Å². The molecule has 3 N–H and O–H groups in total. The minimum Gasteiger partial charge on any atom is -0.504 e. The lowest BCUT2D eigenvalue weighted by Gasteiger charge is -2.08. The van der Waals surface area contributed by atoms with Crippen molar-refractivity contribution in [3.05, 3.63) is 28.7 Å². The molecule has 1 heterocycles. The number of aromatic hydroxyl groups is 1. The van der Waals surface area contributed by atoms with Crippen LogP contribution < -0.4 is 10.5 Å². The second-order valence-electron chi connectivity index (χ2n) is 4.39. The number of phenols is 1. The molecule has 1 aliphatic rings. The Hall–Kier alpha value is -2.48. The van der Waals surface area contributed by atoms with Crippen LogP contribution in [-0.2, 0) is 9.59 Å². The number of carbonyl (C=O) groups excluding carboxylic acids is 3. The van der Waals surface area contributed by atoms with Gasteiger partial charge in [-0.05, 0) is 42.5 Å². The summed E-state index contributed by atoms with van der Waals surface area (Å²) in [4.78, 5) is 35.6. The zero-order valence-corrected chi connectivity index (χ0v) is 12.6. The highest BCUT2D eigenvalue weighted by atomic mass is 32.2. The molecule has 0 aliphatic carbocycles. The maximum atomic E-state index is 12.1. The van der Waals surface area contributed by atoms with Gasteiger partial charge in [0, 0.05) is 0 Å². The molecule has 116 valence electrons. The lowest BCUT2D eigenvalue weighted by Crippen LogP contribution is -2.36. The largest absolute Gasteiger partial charge is 0.504 e. The van der Waals surface area contributed by atoms with Gasteiger partial charge in [0.1, 0.15) is 6.54 Å². The summed E-state index contributed by atoms with van der Waals surface area (Å²) in [5.41, 5.74) is 5.60. The van der Waals surface area contributed by atoms with Gasteiger partial charge in [-0.15, -0.1) is 0 Å². The lowest BCUT2D eigenvalue weighted by molar-refractivity contribution is -0.127. The Balaban J connectivity index is 2.26. The molecule has 8 heteroatoms. The standard InChI is InChI=1S/C14H14N2O5S/c1-2-21-10-5-8(3-4-9(10)17)6-11-13(19)16(7-12(15)18)14(20)22-11/h3-6,17H,2,7H2,1H3,(H2,15,18)/b11-6-. The van der Waals surface area contributed by atoms with Crippen LogP contribution in [0.1, 0.15) is 12.5 Å². The molecule has 0 radical (unpaired) electrons. The van der Waals surface area contributed by atoms with Crippen LogP contribution in [0.15, 0.2) is 23.1 Å². The third-order valence-electron chi connectivity index (χ3n) is 2.77.